The van der Waals surface area contributed by atoms with Crippen molar-refractivity contribution in [3.05, 3.63) is 48.0 Å². The zero-order valence-corrected chi connectivity index (χ0v) is 40.4. The third-order valence-corrected chi connectivity index (χ3v) is 11.8. The van der Waals surface area contributed by atoms with Crippen LogP contribution in [0.5, 0.6) is 0 Å². The molecule has 4 fully saturated rings. The molecule has 23 heteroatoms. The first-order valence-corrected chi connectivity index (χ1v) is 20.1. The minimum atomic E-state index is -1.41. The van der Waals surface area contributed by atoms with E-state index in [0.717, 1.165) is 65.0 Å². The average molecular weight is 1030 g/mol. The van der Waals surface area contributed by atoms with Crippen LogP contribution < -0.4 is 28.7 Å². The van der Waals surface area contributed by atoms with Gasteiger partial charge in [0, 0.05) is 58.0 Å². The minimum Gasteiger partial charge on any atom is -0.394 e. The van der Waals surface area contributed by atoms with Gasteiger partial charge in [-0.05, 0) is 48.6 Å². The predicted molar refractivity (Wildman–Crippen MR) is 257 cm³/mol. The fourth-order valence-electron chi connectivity index (χ4n) is 8.45. The molecule has 0 aromatic heterocycles. The summed E-state index contributed by atoms with van der Waals surface area (Å²) in [4.78, 5) is 5.09. The van der Waals surface area contributed by atoms with Crippen LogP contribution in [-0.4, -0.2) is 168 Å². The van der Waals surface area contributed by atoms with Crippen LogP contribution >= 0.6 is 86.8 Å². The van der Waals surface area contributed by atoms with Gasteiger partial charge in [0.15, 0.2) is 12.6 Å². The number of nitrogens with two attached hydrogens (primary N) is 5. The fourth-order valence-corrected chi connectivity index (χ4v) is 8.45. The van der Waals surface area contributed by atoms with Crippen molar-refractivity contribution < 1.29 is 44.1 Å². The fraction of sp³-hybridized carbons (Fsp3) is 0.744. The van der Waals surface area contributed by atoms with E-state index in [-0.39, 0.29) is 106 Å². The molecule has 366 valence electrons. The van der Waals surface area contributed by atoms with E-state index >= 15 is 0 Å². The molecule has 14 atom stereocenters. The molecule has 16 nitrogen and oxygen atoms in total. The Morgan fingerprint density at radius 3 is 1.85 bits per heavy atom. The number of halogens is 7. The summed E-state index contributed by atoms with van der Waals surface area (Å²) in [6, 6.07) is 12.1. The Morgan fingerprint density at radius 1 is 0.629 bits per heavy atom. The topological polar surface area (TPSA) is 264 Å². The third-order valence-electron chi connectivity index (χ3n) is 11.8. The lowest BCUT2D eigenvalue weighted by Gasteiger charge is -2.49. The highest BCUT2D eigenvalue weighted by molar-refractivity contribution is 5.86. The first-order valence-electron chi connectivity index (χ1n) is 20.1. The van der Waals surface area contributed by atoms with Gasteiger partial charge in [-0.2, -0.15) is 0 Å². The molecule has 62 heavy (non-hydrogen) atoms. The second kappa shape index (κ2) is 31.2. The number of aliphatic hydroxyl groups is 4. The normalized spacial score (nSPS) is 33.8. The second-order valence-corrected chi connectivity index (χ2v) is 15.8. The molecule has 6 rings (SSSR count). The molecule has 2 aromatic rings. The van der Waals surface area contributed by atoms with Gasteiger partial charge in [-0.1, -0.05) is 55.3 Å². The highest BCUT2D eigenvalue weighted by Crippen LogP contribution is 2.33. The van der Waals surface area contributed by atoms with Crippen molar-refractivity contribution >= 4 is 97.6 Å². The molecular formula is C39H72Cl7N7O9. The van der Waals surface area contributed by atoms with E-state index < -0.39 is 92.2 Å². The summed E-state index contributed by atoms with van der Waals surface area (Å²) >= 11 is 0. The van der Waals surface area contributed by atoms with Gasteiger partial charge in [0.2, 0.25) is 0 Å². The molecule has 3 aliphatic heterocycles. The van der Waals surface area contributed by atoms with E-state index in [1.165, 1.54) is 16.3 Å². The first kappa shape index (κ1) is 64.2. The van der Waals surface area contributed by atoms with Crippen LogP contribution in [0.1, 0.15) is 44.1 Å². The molecule has 4 aliphatic rings. The highest BCUT2D eigenvalue weighted by atomic mass is 35.5. The van der Waals surface area contributed by atoms with Gasteiger partial charge < -0.3 is 77.7 Å². The summed E-state index contributed by atoms with van der Waals surface area (Å²) in [7, 11) is 0. The largest absolute Gasteiger partial charge is 0.394 e. The smallest absolute Gasteiger partial charge is 0.186 e. The zero-order valence-electron chi connectivity index (χ0n) is 34.7. The van der Waals surface area contributed by atoms with E-state index in [1.54, 1.807) is 0 Å². The average Bonchev–Trinajstić information content (AvgIpc) is 3.18. The van der Waals surface area contributed by atoms with Gasteiger partial charge >= 0.3 is 0 Å². The van der Waals surface area contributed by atoms with E-state index in [0.29, 0.717) is 6.61 Å². The summed E-state index contributed by atoms with van der Waals surface area (Å²) in [5.74, 6) is 0. The summed E-state index contributed by atoms with van der Waals surface area (Å²) in [6.45, 7) is 6.16. The molecule has 0 unspecified atom stereocenters. The monoisotopic (exact) mass is 1030 g/mol. The molecule has 0 radical (unpaired) electrons. The lowest BCUT2D eigenvalue weighted by molar-refractivity contribution is -0.318. The quantitative estimate of drug-likeness (QED) is 0.107. The Labute approximate surface area is 409 Å². The van der Waals surface area contributed by atoms with Crippen LogP contribution in [0.4, 0.5) is 0 Å². The number of piperazine rings is 1. The highest BCUT2D eigenvalue weighted by Gasteiger charge is 2.51. The van der Waals surface area contributed by atoms with E-state index in [9.17, 15) is 20.4 Å². The van der Waals surface area contributed by atoms with Gasteiger partial charge in [0.1, 0.15) is 36.6 Å². The van der Waals surface area contributed by atoms with Crippen molar-refractivity contribution in [3.8, 4) is 0 Å². The van der Waals surface area contributed by atoms with E-state index in [4.69, 9.17) is 52.4 Å². The van der Waals surface area contributed by atoms with Gasteiger partial charge in [-0.3, -0.25) is 4.90 Å². The molecule has 14 N–H and O–H groups in total. The van der Waals surface area contributed by atoms with Crippen molar-refractivity contribution in [2.45, 2.75) is 131 Å². The van der Waals surface area contributed by atoms with Crippen LogP contribution in [0.15, 0.2) is 42.5 Å². The number of fused-ring (bicyclic) bond motifs is 1. The Morgan fingerprint density at radius 2 is 1.21 bits per heavy atom. The molecule has 0 bridgehead atoms. The lowest BCUT2D eigenvalue weighted by atomic mass is 9.84. The zero-order chi connectivity index (χ0) is 39.1. The van der Waals surface area contributed by atoms with E-state index in [1.807, 2.05) is 0 Å². The van der Waals surface area contributed by atoms with Crippen LogP contribution in [0.25, 0.3) is 10.8 Å². The lowest BCUT2D eigenvalue weighted by Crippen LogP contribution is -2.68. The third kappa shape index (κ3) is 16.4. The summed E-state index contributed by atoms with van der Waals surface area (Å²) < 4.78 is 30.9. The van der Waals surface area contributed by atoms with Crippen molar-refractivity contribution in [2.24, 2.45) is 28.7 Å². The Hall–Kier alpha value is 0.0900. The number of hydrogen-bond acceptors (Lipinski definition) is 16. The van der Waals surface area contributed by atoms with Crippen molar-refractivity contribution in [1.82, 2.24) is 9.80 Å². The molecular weight excluding hydrogens is 959 g/mol. The SMILES string of the molecule is Cl.Cl.Cl.Cl.Cl.Cl.Cl.NC[C@H]1O[C@H](O[C@H]2[C@H](OCCCCCCN3CCN(Cc4cccc5ccccc45)CC3)[C@@H](O[C@H]3O[C@H](CO)[C@@H](O)[C@H](N)[C@H]3O)[C@H](N)C[C@@H]2N)[C@H](N)C[C@@H]1O. The number of ether oxygens (including phenoxy) is 5. The van der Waals surface area contributed by atoms with Gasteiger partial charge in [0.25, 0.3) is 0 Å². The van der Waals surface area contributed by atoms with Crippen LogP contribution in [0, 0.1) is 0 Å². The maximum absolute atomic E-state index is 10.9. The van der Waals surface area contributed by atoms with Crippen molar-refractivity contribution in [3.63, 3.8) is 0 Å². The minimum absolute atomic E-state index is 0. The molecule has 1 aliphatic carbocycles. The maximum atomic E-state index is 10.9. The van der Waals surface area contributed by atoms with Crippen LogP contribution in [0.3, 0.4) is 0 Å². The molecule has 1 saturated carbocycles. The van der Waals surface area contributed by atoms with E-state index in [2.05, 4.69) is 52.3 Å². The maximum Gasteiger partial charge on any atom is 0.186 e. The Balaban J connectivity index is 0. The van der Waals surface area contributed by atoms with Crippen LogP contribution in [-0.2, 0) is 30.2 Å². The molecule has 3 saturated heterocycles. The number of hydrogen-bond donors (Lipinski definition) is 9. The van der Waals surface area contributed by atoms with Crippen LogP contribution in [0.2, 0.25) is 0 Å². The van der Waals surface area contributed by atoms with Gasteiger partial charge in [0.05, 0.1) is 30.9 Å². The summed E-state index contributed by atoms with van der Waals surface area (Å²) in [5.41, 5.74) is 32.9. The number of aliphatic hydroxyl groups excluding tert-OH is 4. The Kier molecular flexibility index (Phi) is 32.3. The number of rotatable bonds is 16. The van der Waals surface area contributed by atoms with Gasteiger partial charge in [-0.25, -0.2) is 0 Å². The molecule has 2 aromatic carbocycles. The van der Waals surface area contributed by atoms with Crippen molar-refractivity contribution in [2.75, 3.05) is 52.5 Å². The molecule has 0 amide bonds. The second-order valence-electron chi connectivity index (χ2n) is 15.8. The van der Waals surface area contributed by atoms with Gasteiger partial charge in [-0.15, -0.1) is 86.8 Å². The summed E-state index contributed by atoms with van der Waals surface area (Å²) in [6.07, 6.45) is -5.63. The molecule has 0 spiro atoms. The summed E-state index contributed by atoms with van der Waals surface area (Å²) in [5, 5.41) is 44.1. The number of benzene rings is 2. The Bertz CT molecular complexity index is 1480. The number of nitrogens with zero attached hydrogens (tertiary/aromatic N) is 2. The number of unbranched alkanes of at least 4 members (excludes halogenated alkanes) is 3. The van der Waals surface area contributed by atoms with Crippen molar-refractivity contribution in [1.29, 1.82) is 0 Å². The standard InChI is InChI=1S/C39H65N7O9.7ClH/c40-20-30-29(48)19-28(43)38(52-30)54-35-26(41)18-27(42)36(55-39-34(50)32(44)33(49)31(22-47)53-39)37(35)51-17-6-2-1-5-12-45-13-15-46(16-14-45)21-24-10-7-9-23-8-3-4-11-25(23)24;;;;;;;/h3-4,7-11,26-39,47-50H,1-2,5-6,12-22,40-44H2;7*1H/t26-,27+,28+,29-,30+,31+,32-,33+,34+,35+,36-,37-,38+,39+;;;;;;;/m0......./s1. The predicted octanol–water partition coefficient (Wildman–Crippen LogP) is 1.21. The first-order chi connectivity index (χ1) is 26.6. The molecule has 3 heterocycles.